The van der Waals surface area contributed by atoms with Gasteiger partial charge in [-0.3, -0.25) is 20.2 Å². The van der Waals surface area contributed by atoms with Crippen LogP contribution in [0, 0.1) is 30.9 Å². The van der Waals surface area contributed by atoms with Crippen molar-refractivity contribution in [2.24, 2.45) is 0 Å². The quantitative estimate of drug-likeness (QED) is 0.525. The molecule has 26 heavy (non-hydrogen) atoms. The topological polar surface area (TPSA) is 85.1 Å². The minimum Gasteiger partial charge on any atom is -0.298 e. The highest BCUT2D eigenvalue weighted by atomic mass is 32.1. The van der Waals surface area contributed by atoms with E-state index >= 15 is 0 Å². The summed E-state index contributed by atoms with van der Waals surface area (Å²) in [6.45, 7) is 5.72. The molecule has 0 aliphatic carbocycles. The molecule has 0 saturated carbocycles. The van der Waals surface area contributed by atoms with Gasteiger partial charge in [0.05, 0.1) is 10.6 Å². The van der Waals surface area contributed by atoms with Crippen molar-refractivity contribution < 1.29 is 9.72 Å². The van der Waals surface area contributed by atoms with E-state index in [1.54, 1.807) is 19.1 Å². The summed E-state index contributed by atoms with van der Waals surface area (Å²) in [5.74, 6) is -0.422. The molecule has 132 valence electrons. The van der Waals surface area contributed by atoms with E-state index < -0.39 is 10.8 Å². The summed E-state index contributed by atoms with van der Waals surface area (Å²) in [4.78, 5) is 27.4. The first-order chi connectivity index (χ1) is 12.3. The molecule has 0 radical (unpaired) electrons. The van der Waals surface area contributed by atoms with E-state index in [1.807, 2.05) is 31.4 Å². The molecule has 3 aromatic rings. The van der Waals surface area contributed by atoms with Gasteiger partial charge in [0.2, 0.25) is 0 Å². The van der Waals surface area contributed by atoms with Crippen LogP contribution >= 0.6 is 11.3 Å². The fourth-order valence-corrected chi connectivity index (χ4v) is 3.20. The number of nitrogens with one attached hydrogen (secondary N) is 1. The highest BCUT2D eigenvalue weighted by Gasteiger charge is 2.16. The normalized spacial score (nSPS) is 10.6. The molecule has 3 rings (SSSR count). The molecule has 1 heterocycles. The Hall–Kier alpha value is -3.06. The van der Waals surface area contributed by atoms with Crippen molar-refractivity contribution in [1.82, 2.24) is 4.98 Å². The number of benzene rings is 2. The summed E-state index contributed by atoms with van der Waals surface area (Å²) in [6.07, 6.45) is 0. The molecule has 0 unspecified atom stereocenters. The van der Waals surface area contributed by atoms with Gasteiger partial charge in [-0.05, 0) is 44.0 Å². The lowest BCUT2D eigenvalue weighted by molar-refractivity contribution is -0.385. The van der Waals surface area contributed by atoms with Crippen molar-refractivity contribution in [2.45, 2.75) is 20.8 Å². The molecule has 0 bridgehead atoms. The maximum atomic E-state index is 12.4. The number of rotatable bonds is 4. The van der Waals surface area contributed by atoms with Crippen LogP contribution in [0.4, 0.5) is 10.8 Å². The lowest BCUT2D eigenvalue weighted by Crippen LogP contribution is -2.12. The second kappa shape index (κ2) is 7.05. The average Bonchev–Trinajstić information content (AvgIpc) is 3.05. The molecule has 0 aliphatic heterocycles. The van der Waals surface area contributed by atoms with Gasteiger partial charge in [0.1, 0.15) is 0 Å². The van der Waals surface area contributed by atoms with Crippen LogP contribution in [0.15, 0.2) is 41.8 Å². The van der Waals surface area contributed by atoms with Crippen LogP contribution in [0.2, 0.25) is 0 Å². The van der Waals surface area contributed by atoms with Crippen LogP contribution in [0.5, 0.6) is 0 Å². The summed E-state index contributed by atoms with van der Waals surface area (Å²) in [5.41, 5.74) is 4.81. The number of aryl methyl sites for hydroxylation is 3. The van der Waals surface area contributed by atoms with Gasteiger partial charge in [0, 0.05) is 28.1 Å². The van der Waals surface area contributed by atoms with Gasteiger partial charge in [-0.1, -0.05) is 18.2 Å². The van der Waals surface area contributed by atoms with Crippen LogP contribution in [-0.2, 0) is 0 Å². The standard InChI is InChI=1S/C19H17N3O3S/c1-11-4-6-14(8-13(11)3)16-10-26-19(20-16)21-18(23)15-7-5-12(2)17(9-15)22(24)25/h4-10H,1-3H3,(H,20,21,23). The predicted octanol–water partition coefficient (Wildman–Crippen LogP) is 4.90. The predicted molar refractivity (Wildman–Crippen MR) is 103 cm³/mol. The number of nitro groups is 1. The monoisotopic (exact) mass is 367 g/mol. The first kappa shape index (κ1) is 17.8. The molecule has 1 N–H and O–H groups in total. The largest absolute Gasteiger partial charge is 0.298 e. The van der Waals surface area contributed by atoms with Crippen molar-refractivity contribution in [3.05, 3.63) is 74.1 Å². The molecule has 0 spiro atoms. The number of amides is 1. The van der Waals surface area contributed by atoms with E-state index in [2.05, 4.69) is 16.4 Å². The number of anilines is 1. The number of hydrogen-bond acceptors (Lipinski definition) is 5. The summed E-state index contributed by atoms with van der Waals surface area (Å²) in [5, 5.41) is 16.1. The average molecular weight is 367 g/mol. The fourth-order valence-electron chi connectivity index (χ4n) is 2.48. The molecule has 1 amide bonds. The zero-order chi connectivity index (χ0) is 18.8. The maximum absolute atomic E-state index is 12.4. The zero-order valence-electron chi connectivity index (χ0n) is 14.6. The molecule has 1 aromatic heterocycles. The Morgan fingerprint density at radius 3 is 2.50 bits per heavy atom. The third-order valence-corrected chi connectivity index (χ3v) is 4.95. The molecular weight excluding hydrogens is 350 g/mol. The highest BCUT2D eigenvalue weighted by Crippen LogP contribution is 2.27. The lowest BCUT2D eigenvalue weighted by Gasteiger charge is -2.04. The molecule has 2 aromatic carbocycles. The Morgan fingerprint density at radius 1 is 1.08 bits per heavy atom. The Labute approximate surface area is 154 Å². The lowest BCUT2D eigenvalue weighted by atomic mass is 10.1. The SMILES string of the molecule is Cc1ccc(-c2csc(NC(=O)c3ccc(C)c([N+](=O)[O-])c3)n2)cc1C. The van der Waals surface area contributed by atoms with Gasteiger partial charge in [-0.25, -0.2) is 4.98 Å². The number of hydrogen-bond donors (Lipinski definition) is 1. The Kier molecular flexibility index (Phi) is 4.81. The van der Waals surface area contributed by atoms with Gasteiger partial charge in [-0.15, -0.1) is 11.3 Å². The first-order valence-electron chi connectivity index (χ1n) is 7.94. The molecular formula is C19H17N3O3S. The number of nitro benzene ring substituents is 1. The van der Waals surface area contributed by atoms with Gasteiger partial charge in [0.15, 0.2) is 5.13 Å². The molecule has 0 aliphatic rings. The Balaban J connectivity index is 1.81. The molecule has 0 atom stereocenters. The number of aromatic nitrogens is 1. The van der Waals surface area contributed by atoms with E-state index in [9.17, 15) is 14.9 Å². The maximum Gasteiger partial charge on any atom is 0.273 e. The zero-order valence-corrected chi connectivity index (χ0v) is 15.4. The Morgan fingerprint density at radius 2 is 1.81 bits per heavy atom. The second-order valence-corrected chi connectivity index (χ2v) is 6.91. The van der Waals surface area contributed by atoms with Crippen molar-refractivity contribution in [3.8, 4) is 11.3 Å². The van der Waals surface area contributed by atoms with Crippen LogP contribution in [0.1, 0.15) is 27.0 Å². The molecule has 0 fully saturated rings. The fraction of sp³-hybridized carbons (Fsp3) is 0.158. The first-order valence-corrected chi connectivity index (χ1v) is 8.82. The van der Waals surface area contributed by atoms with Gasteiger partial charge in [-0.2, -0.15) is 0 Å². The minimum atomic E-state index is -0.493. The minimum absolute atomic E-state index is 0.0763. The highest BCUT2D eigenvalue weighted by molar-refractivity contribution is 7.14. The third kappa shape index (κ3) is 3.62. The van der Waals surface area contributed by atoms with Crippen molar-refractivity contribution in [2.75, 3.05) is 5.32 Å². The summed E-state index contributed by atoms with van der Waals surface area (Å²) in [6, 6.07) is 10.5. The smallest absolute Gasteiger partial charge is 0.273 e. The van der Waals surface area contributed by atoms with Crippen molar-refractivity contribution in [1.29, 1.82) is 0 Å². The van der Waals surface area contributed by atoms with E-state index in [-0.39, 0.29) is 11.3 Å². The number of nitrogens with zero attached hydrogens (tertiary/aromatic N) is 2. The van der Waals surface area contributed by atoms with Crippen LogP contribution in [0.3, 0.4) is 0 Å². The van der Waals surface area contributed by atoms with Crippen LogP contribution < -0.4 is 5.32 Å². The van der Waals surface area contributed by atoms with E-state index in [0.717, 1.165) is 11.3 Å². The molecule has 6 nitrogen and oxygen atoms in total. The summed E-state index contributed by atoms with van der Waals surface area (Å²) in [7, 11) is 0. The third-order valence-electron chi connectivity index (χ3n) is 4.20. The van der Waals surface area contributed by atoms with Crippen LogP contribution in [-0.4, -0.2) is 15.8 Å². The second-order valence-electron chi connectivity index (χ2n) is 6.05. The molecule has 7 heteroatoms. The Bertz CT molecular complexity index is 1010. The number of thiazole rings is 1. The van der Waals surface area contributed by atoms with Gasteiger partial charge < -0.3 is 0 Å². The van der Waals surface area contributed by atoms with E-state index in [1.165, 1.54) is 28.5 Å². The van der Waals surface area contributed by atoms with Crippen LogP contribution in [0.25, 0.3) is 11.3 Å². The number of carbonyl (C=O) groups is 1. The van der Waals surface area contributed by atoms with E-state index in [0.29, 0.717) is 10.7 Å². The van der Waals surface area contributed by atoms with Crippen molar-refractivity contribution in [3.63, 3.8) is 0 Å². The summed E-state index contributed by atoms with van der Waals surface area (Å²) < 4.78 is 0. The van der Waals surface area contributed by atoms with Crippen molar-refractivity contribution >= 4 is 28.1 Å². The number of carbonyl (C=O) groups excluding carboxylic acids is 1. The summed E-state index contributed by atoms with van der Waals surface area (Å²) >= 11 is 1.31. The molecule has 0 saturated heterocycles. The van der Waals surface area contributed by atoms with Gasteiger partial charge in [0.25, 0.3) is 11.6 Å². The van der Waals surface area contributed by atoms with Gasteiger partial charge >= 0.3 is 0 Å². The van der Waals surface area contributed by atoms with E-state index in [4.69, 9.17) is 0 Å².